The molecular formula is C16H26N2OS. The summed E-state index contributed by atoms with van der Waals surface area (Å²) in [6, 6.07) is 0.641. The van der Waals surface area contributed by atoms with Crippen LogP contribution in [0.15, 0.2) is 0 Å². The average molecular weight is 294 g/mol. The van der Waals surface area contributed by atoms with Gasteiger partial charge in [-0.15, -0.1) is 11.3 Å². The van der Waals surface area contributed by atoms with Crippen molar-refractivity contribution in [1.29, 1.82) is 0 Å². The maximum absolute atomic E-state index is 10.1. The van der Waals surface area contributed by atoms with Gasteiger partial charge in [-0.25, -0.2) is 4.98 Å². The van der Waals surface area contributed by atoms with Crippen LogP contribution in [0.25, 0.3) is 0 Å². The van der Waals surface area contributed by atoms with Gasteiger partial charge in [0, 0.05) is 18.0 Å². The van der Waals surface area contributed by atoms with Crippen molar-refractivity contribution in [2.75, 3.05) is 11.9 Å². The van der Waals surface area contributed by atoms with Gasteiger partial charge in [0.25, 0.3) is 0 Å². The van der Waals surface area contributed by atoms with Crippen molar-refractivity contribution in [3.63, 3.8) is 0 Å². The number of rotatable bonds is 3. The average Bonchev–Trinajstić information content (AvgIpc) is 2.92. The second kappa shape index (κ2) is 6.02. The van der Waals surface area contributed by atoms with E-state index in [1.807, 2.05) is 0 Å². The molecule has 1 fully saturated rings. The molecule has 0 aromatic carbocycles. The Labute approximate surface area is 126 Å². The first-order chi connectivity index (χ1) is 9.69. The van der Waals surface area contributed by atoms with E-state index in [0.29, 0.717) is 6.04 Å². The minimum Gasteiger partial charge on any atom is -0.387 e. The largest absolute Gasteiger partial charge is 0.387 e. The Balaban J connectivity index is 1.70. The normalized spacial score (nSPS) is 30.1. The van der Waals surface area contributed by atoms with Crippen LogP contribution in [-0.4, -0.2) is 23.2 Å². The molecule has 3 nitrogen and oxygen atoms in total. The lowest BCUT2D eigenvalue weighted by atomic mass is 9.84. The summed E-state index contributed by atoms with van der Waals surface area (Å²) in [5.41, 5.74) is 0.963. The lowest BCUT2D eigenvalue weighted by Crippen LogP contribution is -2.35. The van der Waals surface area contributed by atoms with Gasteiger partial charge in [0.1, 0.15) is 0 Å². The third-order valence-corrected chi connectivity index (χ3v) is 6.38. The Hall–Kier alpha value is -0.610. The molecule has 1 heterocycles. The summed E-state index contributed by atoms with van der Waals surface area (Å²) in [6.07, 6.45) is 9.38. The number of aliphatic hydroxyl groups is 1. The minimum absolute atomic E-state index is 0.326. The number of nitrogens with zero attached hydrogens (tertiary/aromatic N) is 2. The summed E-state index contributed by atoms with van der Waals surface area (Å²) in [7, 11) is 2.19. The fourth-order valence-corrected chi connectivity index (χ4v) is 4.82. The molecule has 1 unspecified atom stereocenters. The highest BCUT2D eigenvalue weighted by molar-refractivity contribution is 7.15. The summed E-state index contributed by atoms with van der Waals surface area (Å²) in [5.74, 6) is 0.936. The molecule has 2 aliphatic rings. The topological polar surface area (TPSA) is 36.4 Å². The second-order valence-corrected chi connectivity index (χ2v) is 7.47. The van der Waals surface area contributed by atoms with Crippen LogP contribution in [0.3, 0.4) is 0 Å². The van der Waals surface area contributed by atoms with Gasteiger partial charge in [0.05, 0.1) is 11.8 Å². The van der Waals surface area contributed by atoms with Gasteiger partial charge in [-0.2, -0.15) is 0 Å². The van der Waals surface area contributed by atoms with Gasteiger partial charge in [0.2, 0.25) is 0 Å². The van der Waals surface area contributed by atoms with Crippen molar-refractivity contribution in [3.05, 3.63) is 10.6 Å². The molecular weight excluding hydrogens is 268 g/mol. The number of aromatic nitrogens is 1. The number of aliphatic hydroxyl groups excluding tert-OH is 1. The highest BCUT2D eigenvalue weighted by atomic mass is 32.1. The highest BCUT2D eigenvalue weighted by Gasteiger charge is 2.28. The fourth-order valence-electron chi connectivity index (χ4n) is 3.63. The van der Waals surface area contributed by atoms with Crippen LogP contribution in [0.4, 0.5) is 5.13 Å². The Kier molecular flexibility index (Phi) is 4.32. The first-order valence-corrected chi connectivity index (χ1v) is 8.91. The van der Waals surface area contributed by atoms with Crippen LogP contribution in [0.2, 0.25) is 0 Å². The van der Waals surface area contributed by atoms with E-state index < -0.39 is 0 Å². The molecule has 1 saturated carbocycles. The van der Waals surface area contributed by atoms with Crippen molar-refractivity contribution in [3.8, 4) is 0 Å². The highest BCUT2D eigenvalue weighted by Crippen LogP contribution is 2.38. The van der Waals surface area contributed by atoms with E-state index in [2.05, 4.69) is 18.9 Å². The van der Waals surface area contributed by atoms with Crippen molar-refractivity contribution in [1.82, 2.24) is 4.98 Å². The van der Waals surface area contributed by atoms with Crippen molar-refractivity contribution < 1.29 is 5.11 Å². The van der Waals surface area contributed by atoms with Crippen molar-refractivity contribution in [2.24, 2.45) is 5.92 Å². The second-order valence-electron chi connectivity index (χ2n) is 6.41. The molecule has 4 heteroatoms. The van der Waals surface area contributed by atoms with Crippen molar-refractivity contribution in [2.45, 2.75) is 70.4 Å². The van der Waals surface area contributed by atoms with E-state index in [1.165, 1.54) is 37.0 Å². The Morgan fingerprint density at radius 3 is 2.65 bits per heavy atom. The number of hydrogen-bond acceptors (Lipinski definition) is 4. The quantitative estimate of drug-likeness (QED) is 0.918. The third-order valence-electron chi connectivity index (χ3n) is 5.16. The number of anilines is 1. The van der Waals surface area contributed by atoms with Crippen LogP contribution in [0.1, 0.15) is 68.5 Å². The molecule has 112 valence electrons. The van der Waals surface area contributed by atoms with E-state index >= 15 is 0 Å². The molecule has 0 bridgehead atoms. The molecule has 2 aliphatic carbocycles. The van der Waals surface area contributed by atoms with Crippen molar-refractivity contribution >= 4 is 16.5 Å². The van der Waals surface area contributed by atoms with E-state index in [9.17, 15) is 5.11 Å². The molecule has 0 amide bonds. The van der Waals surface area contributed by atoms with Gasteiger partial charge >= 0.3 is 0 Å². The molecule has 0 aliphatic heterocycles. The lowest BCUT2D eigenvalue weighted by Gasteiger charge is -2.34. The predicted molar refractivity (Wildman–Crippen MR) is 84.5 cm³/mol. The molecule has 0 radical (unpaired) electrons. The molecule has 0 spiro atoms. The van der Waals surface area contributed by atoms with Gasteiger partial charge in [-0.05, 0) is 50.9 Å². The Bertz CT molecular complexity index is 451. The molecule has 3 rings (SSSR count). The lowest BCUT2D eigenvalue weighted by molar-refractivity contribution is 0.153. The zero-order valence-electron chi connectivity index (χ0n) is 12.6. The number of fused-ring (bicyclic) bond motifs is 1. The molecule has 1 atom stereocenters. The summed E-state index contributed by atoms with van der Waals surface area (Å²) in [4.78, 5) is 8.43. The first kappa shape index (κ1) is 14.3. The maximum Gasteiger partial charge on any atom is 0.185 e. The number of aryl methyl sites for hydroxylation is 1. The van der Waals surface area contributed by atoms with Crippen LogP contribution in [-0.2, 0) is 6.42 Å². The predicted octanol–water partition coefficient (Wildman–Crippen LogP) is 3.92. The zero-order chi connectivity index (χ0) is 14.1. The smallest absolute Gasteiger partial charge is 0.185 e. The molecule has 1 N–H and O–H groups in total. The molecule has 0 saturated heterocycles. The van der Waals surface area contributed by atoms with Gasteiger partial charge in [-0.1, -0.05) is 13.3 Å². The van der Waals surface area contributed by atoms with Gasteiger partial charge in [0.15, 0.2) is 5.13 Å². The Morgan fingerprint density at radius 1 is 1.25 bits per heavy atom. The first-order valence-electron chi connectivity index (χ1n) is 8.09. The van der Waals surface area contributed by atoms with Crippen LogP contribution >= 0.6 is 11.3 Å². The summed E-state index contributed by atoms with van der Waals surface area (Å²) in [5, 5.41) is 11.2. The van der Waals surface area contributed by atoms with Gasteiger partial charge < -0.3 is 10.0 Å². The Morgan fingerprint density at radius 2 is 2.00 bits per heavy atom. The summed E-state index contributed by atoms with van der Waals surface area (Å²) >= 11 is 1.80. The number of hydrogen-bond donors (Lipinski definition) is 1. The van der Waals surface area contributed by atoms with E-state index in [4.69, 9.17) is 4.98 Å². The third kappa shape index (κ3) is 2.73. The SMILES string of the molecule is CCC1CCC(N(C)c2nc3c(s2)CCCC3O)CC1. The van der Waals surface area contributed by atoms with E-state index in [0.717, 1.165) is 36.0 Å². The minimum atomic E-state index is -0.326. The summed E-state index contributed by atoms with van der Waals surface area (Å²) < 4.78 is 0. The molecule has 1 aromatic rings. The van der Waals surface area contributed by atoms with Crippen LogP contribution in [0.5, 0.6) is 0 Å². The monoisotopic (exact) mass is 294 g/mol. The molecule has 1 aromatic heterocycles. The fraction of sp³-hybridized carbons (Fsp3) is 0.812. The maximum atomic E-state index is 10.1. The number of thiazole rings is 1. The van der Waals surface area contributed by atoms with E-state index in [1.54, 1.807) is 11.3 Å². The molecule has 20 heavy (non-hydrogen) atoms. The van der Waals surface area contributed by atoms with Crippen LogP contribution < -0.4 is 4.90 Å². The van der Waals surface area contributed by atoms with Crippen LogP contribution in [0, 0.1) is 5.92 Å². The standard InChI is InChI=1S/C16H26N2OS/c1-3-11-7-9-12(10-8-11)18(2)16-17-15-13(19)5-4-6-14(15)20-16/h11-13,19H,3-10H2,1-2H3. The zero-order valence-corrected chi connectivity index (χ0v) is 13.5. The van der Waals surface area contributed by atoms with E-state index in [-0.39, 0.29) is 6.10 Å². The summed E-state index contributed by atoms with van der Waals surface area (Å²) in [6.45, 7) is 2.31. The van der Waals surface area contributed by atoms with Gasteiger partial charge in [-0.3, -0.25) is 0 Å².